The molecule has 1 amide bonds. The first-order chi connectivity index (χ1) is 18.0. The minimum absolute atomic E-state index is 0.214. The maximum atomic E-state index is 13.3. The Bertz CT molecular complexity index is 1070. The lowest BCUT2D eigenvalue weighted by Crippen LogP contribution is -2.68. The molecule has 0 spiro atoms. The van der Waals surface area contributed by atoms with Gasteiger partial charge in [0.15, 0.2) is 0 Å². The van der Waals surface area contributed by atoms with Gasteiger partial charge in [-0.05, 0) is 48.0 Å². The van der Waals surface area contributed by atoms with Crippen molar-refractivity contribution < 1.29 is 24.5 Å². The SMILES string of the molecule is CC(C)(C)[Si](OCC[C@H]1C(=O)N[C@](CO)([C@@H](O)[C@@H]2C=CCCC2)[C@@]1(C)O)(c1ccccc1)c1ccccc1. The van der Waals surface area contributed by atoms with Crippen LogP contribution in [0.25, 0.3) is 0 Å². The van der Waals surface area contributed by atoms with Crippen LogP contribution in [0, 0.1) is 11.8 Å². The molecule has 4 rings (SSSR count). The van der Waals surface area contributed by atoms with Crippen molar-refractivity contribution >= 4 is 24.6 Å². The summed E-state index contributed by atoms with van der Waals surface area (Å²) in [6.07, 6.45) is 5.72. The van der Waals surface area contributed by atoms with Gasteiger partial charge in [-0.1, -0.05) is 93.6 Å². The van der Waals surface area contributed by atoms with Gasteiger partial charge in [-0.15, -0.1) is 0 Å². The van der Waals surface area contributed by atoms with E-state index >= 15 is 0 Å². The van der Waals surface area contributed by atoms with Gasteiger partial charge in [0.2, 0.25) is 5.91 Å². The fourth-order valence-corrected chi connectivity index (χ4v) is 11.2. The summed E-state index contributed by atoms with van der Waals surface area (Å²) in [7, 11) is -2.80. The number of allylic oxidation sites excluding steroid dienone is 1. The van der Waals surface area contributed by atoms with Crippen molar-refractivity contribution in [3.63, 3.8) is 0 Å². The van der Waals surface area contributed by atoms with E-state index in [2.05, 4.69) is 50.4 Å². The molecule has 4 N–H and O–H groups in total. The van der Waals surface area contributed by atoms with Crippen LogP contribution in [0.4, 0.5) is 0 Å². The van der Waals surface area contributed by atoms with Gasteiger partial charge in [-0.2, -0.15) is 0 Å². The smallest absolute Gasteiger partial charge is 0.261 e. The number of hydrogen-bond acceptors (Lipinski definition) is 5. The summed E-state index contributed by atoms with van der Waals surface area (Å²) >= 11 is 0. The summed E-state index contributed by atoms with van der Waals surface area (Å²) in [6.45, 7) is 7.85. The van der Waals surface area contributed by atoms with Crippen LogP contribution >= 0.6 is 0 Å². The molecule has 0 radical (unpaired) electrons. The molecule has 1 fully saturated rings. The zero-order valence-corrected chi connectivity index (χ0v) is 24.1. The molecule has 1 aliphatic heterocycles. The number of hydrogen-bond donors (Lipinski definition) is 4. The Kier molecular flexibility index (Phi) is 8.36. The van der Waals surface area contributed by atoms with E-state index in [1.54, 1.807) is 6.92 Å². The van der Waals surface area contributed by atoms with Gasteiger partial charge < -0.3 is 25.1 Å². The second-order valence-electron chi connectivity index (χ2n) is 12.1. The summed E-state index contributed by atoms with van der Waals surface area (Å²) in [4.78, 5) is 13.3. The molecule has 1 aliphatic carbocycles. The quantitative estimate of drug-likeness (QED) is 0.291. The van der Waals surface area contributed by atoms with E-state index in [0.29, 0.717) is 0 Å². The van der Waals surface area contributed by atoms with Crippen LogP contribution in [0.3, 0.4) is 0 Å². The van der Waals surface area contributed by atoms with E-state index in [1.165, 1.54) is 0 Å². The van der Waals surface area contributed by atoms with Crippen molar-refractivity contribution in [3.05, 3.63) is 72.8 Å². The lowest BCUT2D eigenvalue weighted by Gasteiger charge is -2.46. The normalized spacial score (nSPS) is 28.8. The first-order valence-electron chi connectivity index (χ1n) is 13.8. The van der Waals surface area contributed by atoms with Gasteiger partial charge in [-0.3, -0.25) is 4.79 Å². The van der Waals surface area contributed by atoms with Crippen LogP contribution in [0.5, 0.6) is 0 Å². The lowest BCUT2D eigenvalue weighted by molar-refractivity contribution is -0.128. The number of nitrogens with one attached hydrogen (secondary N) is 1. The average molecular weight is 538 g/mol. The predicted molar refractivity (Wildman–Crippen MR) is 153 cm³/mol. The summed E-state index contributed by atoms with van der Waals surface area (Å²) in [5.41, 5.74) is -3.21. The van der Waals surface area contributed by atoms with E-state index in [0.717, 1.165) is 29.6 Å². The molecule has 38 heavy (non-hydrogen) atoms. The summed E-state index contributed by atoms with van der Waals surface area (Å²) in [5.74, 6) is -1.45. The third-order valence-corrected chi connectivity index (χ3v) is 13.9. The van der Waals surface area contributed by atoms with Crippen molar-refractivity contribution in [3.8, 4) is 0 Å². The number of carbonyl (C=O) groups excluding carboxylic acids is 1. The van der Waals surface area contributed by atoms with Gasteiger partial charge in [0.1, 0.15) is 11.1 Å². The van der Waals surface area contributed by atoms with E-state index < -0.39 is 38.1 Å². The van der Waals surface area contributed by atoms with Crippen molar-refractivity contribution in [2.75, 3.05) is 13.2 Å². The van der Waals surface area contributed by atoms with Crippen molar-refractivity contribution in [1.82, 2.24) is 5.32 Å². The molecule has 6 nitrogen and oxygen atoms in total. The number of benzene rings is 2. The molecule has 0 bridgehead atoms. The highest BCUT2D eigenvalue weighted by Gasteiger charge is 2.64. The van der Waals surface area contributed by atoms with Gasteiger partial charge in [0, 0.05) is 12.5 Å². The molecule has 2 aromatic carbocycles. The predicted octanol–water partition coefficient (Wildman–Crippen LogP) is 2.90. The van der Waals surface area contributed by atoms with Crippen LogP contribution in [0.15, 0.2) is 72.8 Å². The highest BCUT2D eigenvalue weighted by atomic mass is 28.4. The fourth-order valence-electron chi connectivity index (χ4n) is 6.64. The molecule has 0 saturated carbocycles. The second kappa shape index (κ2) is 11.1. The standard InChI is InChI=1S/C31H43NO5Si/c1-29(2,3)38(24-16-10-6-11-17-24,25-18-12-7-13-19-25)37-21-20-26-28(35)32-31(22-33,30(26,4)36)27(34)23-14-8-5-9-15-23/h6-8,10-14,16-19,23,26-27,33-34,36H,5,9,15,20-22H2,1-4H3,(H,32,35)/t23-,26+,27+,30+,31-/m1/s1. The van der Waals surface area contributed by atoms with Gasteiger partial charge in [0.05, 0.1) is 18.6 Å². The van der Waals surface area contributed by atoms with E-state index in [1.807, 2.05) is 48.6 Å². The highest BCUT2D eigenvalue weighted by molar-refractivity contribution is 6.99. The Balaban J connectivity index is 1.63. The van der Waals surface area contributed by atoms with E-state index in [4.69, 9.17) is 4.43 Å². The Morgan fingerprint density at radius 2 is 1.66 bits per heavy atom. The van der Waals surface area contributed by atoms with Gasteiger partial charge in [0.25, 0.3) is 8.32 Å². The Morgan fingerprint density at radius 1 is 1.08 bits per heavy atom. The molecule has 5 atom stereocenters. The molecule has 1 saturated heterocycles. The van der Waals surface area contributed by atoms with Gasteiger partial charge >= 0.3 is 0 Å². The highest BCUT2D eigenvalue weighted by Crippen LogP contribution is 2.44. The van der Waals surface area contributed by atoms with E-state index in [9.17, 15) is 20.1 Å². The largest absolute Gasteiger partial charge is 0.407 e. The fraction of sp³-hybridized carbons (Fsp3) is 0.516. The minimum atomic E-state index is -2.80. The molecule has 2 aromatic rings. The zero-order chi connectivity index (χ0) is 27.6. The number of carbonyl (C=O) groups is 1. The van der Waals surface area contributed by atoms with Crippen molar-refractivity contribution in [2.45, 2.75) is 75.7 Å². The van der Waals surface area contributed by atoms with E-state index in [-0.39, 0.29) is 29.9 Å². The Hall–Kier alpha value is -2.29. The van der Waals surface area contributed by atoms with Crippen molar-refractivity contribution in [1.29, 1.82) is 0 Å². The first-order valence-corrected chi connectivity index (χ1v) is 15.7. The van der Waals surface area contributed by atoms with Crippen molar-refractivity contribution in [2.24, 2.45) is 11.8 Å². The van der Waals surface area contributed by atoms with Crippen LogP contribution in [0.2, 0.25) is 5.04 Å². The number of rotatable bonds is 9. The molecular weight excluding hydrogens is 494 g/mol. The topological polar surface area (TPSA) is 99.0 Å². The summed E-state index contributed by atoms with van der Waals surface area (Å²) in [6, 6.07) is 20.6. The molecule has 7 heteroatoms. The Morgan fingerprint density at radius 3 is 2.13 bits per heavy atom. The van der Waals surface area contributed by atoms with Crippen LogP contribution in [-0.2, 0) is 9.22 Å². The summed E-state index contributed by atoms with van der Waals surface area (Å²) in [5, 5.41) is 38.5. The monoisotopic (exact) mass is 537 g/mol. The van der Waals surface area contributed by atoms with Crippen LogP contribution in [-0.4, -0.2) is 60.0 Å². The molecule has 2 aliphatic rings. The van der Waals surface area contributed by atoms with Gasteiger partial charge in [-0.25, -0.2) is 0 Å². The molecule has 1 heterocycles. The summed E-state index contributed by atoms with van der Waals surface area (Å²) < 4.78 is 6.96. The molecule has 0 aromatic heterocycles. The van der Waals surface area contributed by atoms with Crippen LogP contribution < -0.4 is 15.7 Å². The first kappa shape index (κ1) is 28.7. The van der Waals surface area contributed by atoms with Crippen LogP contribution in [0.1, 0.15) is 53.4 Å². The third-order valence-electron chi connectivity index (χ3n) is 8.84. The Labute approximate surface area is 227 Å². The maximum absolute atomic E-state index is 13.3. The molecule has 0 unspecified atom stereocenters. The number of amides is 1. The lowest BCUT2D eigenvalue weighted by atomic mass is 9.69. The minimum Gasteiger partial charge on any atom is -0.407 e. The number of aliphatic hydroxyl groups is 3. The third kappa shape index (κ3) is 4.80. The average Bonchev–Trinajstić information content (AvgIpc) is 3.11. The second-order valence-corrected chi connectivity index (χ2v) is 16.4. The molecule has 206 valence electrons. The maximum Gasteiger partial charge on any atom is 0.261 e. The number of aliphatic hydroxyl groups excluding tert-OH is 2. The molecular formula is C31H43NO5Si. The zero-order valence-electron chi connectivity index (χ0n) is 23.1.